The molecule has 1 unspecified atom stereocenters. The number of allylic oxidation sites excluding steroid dienone is 1. The Labute approximate surface area is 78.4 Å². The van der Waals surface area contributed by atoms with Gasteiger partial charge in [0, 0.05) is 19.8 Å². The Morgan fingerprint density at radius 3 is 2.31 bits per heavy atom. The van der Waals surface area contributed by atoms with Crippen LogP contribution in [0.2, 0.25) is 0 Å². The predicted molar refractivity (Wildman–Crippen MR) is 49.9 cm³/mol. The molecule has 1 atom stereocenters. The SMILES string of the molecule is CCC1=C(C(=O)O)N(C)C(C)N1C. The van der Waals surface area contributed by atoms with Gasteiger partial charge in [-0.25, -0.2) is 4.79 Å². The van der Waals surface area contributed by atoms with Crippen LogP contribution in [0, 0.1) is 0 Å². The fourth-order valence-electron chi connectivity index (χ4n) is 1.73. The molecule has 1 rings (SSSR count). The zero-order chi connectivity index (χ0) is 10.2. The molecule has 0 aromatic carbocycles. The van der Waals surface area contributed by atoms with Gasteiger partial charge in [-0.1, -0.05) is 6.92 Å². The zero-order valence-corrected chi connectivity index (χ0v) is 8.53. The van der Waals surface area contributed by atoms with E-state index in [0.29, 0.717) is 5.70 Å². The molecule has 13 heavy (non-hydrogen) atoms. The standard InChI is InChI=1S/C9H16N2O2/c1-5-7-8(9(12)13)11(4)6(2)10(7)3/h6H,5H2,1-4H3,(H,12,13). The molecule has 1 heterocycles. The van der Waals surface area contributed by atoms with Gasteiger partial charge in [-0.3, -0.25) is 0 Å². The van der Waals surface area contributed by atoms with Gasteiger partial charge in [-0.15, -0.1) is 0 Å². The number of carboxylic acid groups (broad SMARTS) is 1. The number of carboxylic acids is 1. The number of hydrogen-bond acceptors (Lipinski definition) is 3. The Kier molecular flexibility index (Phi) is 2.50. The second-order valence-electron chi connectivity index (χ2n) is 3.31. The normalized spacial score (nSPS) is 22.9. The lowest BCUT2D eigenvalue weighted by Gasteiger charge is -2.25. The molecule has 0 bridgehead atoms. The number of rotatable bonds is 2. The molecule has 1 aliphatic heterocycles. The van der Waals surface area contributed by atoms with Crippen molar-refractivity contribution in [3.8, 4) is 0 Å². The van der Waals surface area contributed by atoms with Crippen molar-refractivity contribution < 1.29 is 9.90 Å². The summed E-state index contributed by atoms with van der Waals surface area (Å²) in [6.07, 6.45) is 0.897. The highest BCUT2D eigenvalue weighted by Gasteiger charge is 2.33. The van der Waals surface area contributed by atoms with Crippen LogP contribution in [0.3, 0.4) is 0 Å². The lowest BCUT2D eigenvalue weighted by atomic mass is 10.2. The fraction of sp³-hybridized carbons (Fsp3) is 0.667. The minimum Gasteiger partial charge on any atom is -0.477 e. The molecular formula is C9H16N2O2. The maximum absolute atomic E-state index is 10.9. The highest BCUT2D eigenvalue weighted by Crippen LogP contribution is 2.27. The van der Waals surface area contributed by atoms with E-state index in [-0.39, 0.29) is 6.17 Å². The van der Waals surface area contributed by atoms with Gasteiger partial charge in [-0.05, 0) is 13.3 Å². The van der Waals surface area contributed by atoms with Gasteiger partial charge in [0.15, 0.2) is 0 Å². The fourth-order valence-corrected chi connectivity index (χ4v) is 1.73. The number of aliphatic carboxylic acids is 1. The largest absolute Gasteiger partial charge is 0.477 e. The third-order valence-electron chi connectivity index (χ3n) is 2.71. The summed E-state index contributed by atoms with van der Waals surface area (Å²) in [6, 6.07) is 0. The Morgan fingerprint density at radius 2 is 2.00 bits per heavy atom. The topological polar surface area (TPSA) is 43.8 Å². The first-order valence-corrected chi connectivity index (χ1v) is 4.42. The molecule has 0 aromatic heterocycles. The molecule has 0 amide bonds. The van der Waals surface area contributed by atoms with E-state index in [1.54, 1.807) is 4.90 Å². The highest BCUT2D eigenvalue weighted by molar-refractivity contribution is 5.87. The molecule has 0 radical (unpaired) electrons. The monoisotopic (exact) mass is 184 g/mol. The molecule has 74 valence electrons. The zero-order valence-electron chi connectivity index (χ0n) is 8.53. The summed E-state index contributed by atoms with van der Waals surface area (Å²) in [6.45, 7) is 3.96. The highest BCUT2D eigenvalue weighted by atomic mass is 16.4. The van der Waals surface area contributed by atoms with Gasteiger partial charge in [0.1, 0.15) is 5.70 Å². The minimum atomic E-state index is -0.837. The molecule has 0 fully saturated rings. The van der Waals surface area contributed by atoms with Gasteiger partial charge in [0.05, 0.1) is 6.17 Å². The number of carbonyl (C=O) groups is 1. The van der Waals surface area contributed by atoms with Gasteiger partial charge >= 0.3 is 5.97 Å². The molecule has 0 aliphatic carbocycles. The summed E-state index contributed by atoms with van der Waals surface area (Å²) in [4.78, 5) is 14.7. The average molecular weight is 184 g/mol. The smallest absolute Gasteiger partial charge is 0.354 e. The van der Waals surface area contributed by atoms with Crippen LogP contribution < -0.4 is 0 Å². The lowest BCUT2D eigenvalue weighted by Crippen LogP contribution is -2.34. The second kappa shape index (κ2) is 3.28. The van der Waals surface area contributed by atoms with Crippen LogP contribution in [-0.4, -0.2) is 41.1 Å². The van der Waals surface area contributed by atoms with Gasteiger partial charge < -0.3 is 14.9 Å². The van der Waals surface area contributed by atoms with Gasteiger partial charge in [0.25, 0.3) is 0 Å². The van der Waals surface area contributed by atoms with E-state index in [0.717, 1.165) is 12.1 Å². The summed E-state index contributed by atoms with van der Waals surface area (Å²) < 4.78 is 0. The lowest BCUT2D eigenvalue weighted by molar-refractivity contribution is -0.134. The molecule has 4 heteroatoms. The van der Waals surface area contributed by atoms with Crippen LogP contribution in [0.15, 0.2) is 11.4 Å². The molecule has 4 nitrogen and oxygen atoms in total. The second-order valence-corrected chi connectivity index (χ2v) is 3.31. The van der Waals surface area contributed by atoms with Crippen LogP contribution in [0.5, 0.6) is 0 Å². The molecule has 0 spiro atoms. The van der Waals surface area contributed by atoms with E-state index >= 15 is 0 Å². The summed E-state index contributed by atoms with van der Waals surface area (Å²) in [5, 5.41) is 8.99. The minimum absolute atomic E-state index is 0.140. The quantitative estimate of drug-likeness (QED) is 0.693. The summed E-state index contributed by atoms with van der Waals surface area (Å²) in [7, 11) is 3.74. The van der Waals surface area contributed by atoms with E-state index in [9.17, 15) is 4.79 Å². The molecule has 1 aliphatic rings. The van der Waals surface area contributed by atoms with Crippen LogP contribution in [0.25, 0.3) is 0 Å². The Balaban J connectivity index is 3.09. The third-order valence-corrected chi connectivity index (χ3v) is 2.71. The first kappa shape index (κ1) is 9.89. The average Bonchev–Trinajstić information content (AvgIpc) is 2.29. The maximum Gasteiger partial charge on any atom is 0.354 e. The Bertz CT molecular complexity index is 260. The van der Waals surface area contributed by atoms with E-state index in [4.69, 9.17) is 5.11 Å². The van der Waals surface area contributed by atoms with Gasteiger partial charge in [-0.2, -0.15) is 0 Å². The van der Waals surface area contributed by atoms with Crippen LogP contribution >= 0.6 is 0 Å². The summed E-state index contributed by atoms with van der Waals surface area (Å²) in [5.74, 6) is -0.837. The van der Waals surface area contributed by atoms with Crippen molar-refractivity contribution in [2.45, 2.75) is 26.4 Å². The van der Waals surface area contributed by atoms with E-state index in [1.807, 2.05) is 32.8 Å². The maximum atomic E-state index is 10.9. The van der Waals surface area contributed by atoms with Crippen molar-refractivity contribution in [3.63, 3.8) is 0 Å². The summed E-state index contributed by atoms with van der Waals surface area (Å²) in [5.41, 5.74) is 1.33. The van der Waals surface area contributed by atoms with E-state index in [2.05, 4.69) is 0 Å². The third kappa shape index (κ3) is 1.36. The molecule has 0 saturated heterocycles. The van der Waals surface area contributed by atoms with Crippen LogP contribution in [0.4, 0.5) is 0 Å². The molecule has 0 saturated carbocycles. The first-order chi connectivity index (χ1) is 6.00. The molecule has 0 aromatic rings. The van der Waals surface area contributed by atoms with Crippen LogP contribution in [0.1, 0.15) is 20.3 Å². The van der Waals surface area contributed by atoms with E-state index in [1.165, 1.54) is 0 Å². The van der Waals surface area contributed by atoms with E-state index < -0.39 is 5.97 Å². The van der Waals surface area contributed by atoms with Gasteiger partial charge in [0.2, 0.25) is 0 Å². The Hall–Kier alpha value is -1.19. The van der Waals surface area contributed by atoms with Crippen molar-refractivity contribution in [2.75, 3.05) is 14.1 Å². The van der Waals surface area contributed by atoms with Crippen molar-refractivity contribution in [1.29, 1.82) is 0 Å². The first-order valence-electron chi connectivity index (χ1n) is 4.42. The summed E-state index contributed by atoms with van der Waals surface area (Å²) >= 11 is 0. The Morgan fingerprint density at radius 1 is 1.46 bits per heavy atom. The van der Waals surface area contributed by atoms with Crippen molar-refractivity contribution >= 4 is 5.97 Å². The molecular weight excluding hydrogens is 168 g/mol. The van der Waals surface area contributed by atoms with Crippen LogP contribution in [-0.2, 0) is 4.79 Å². The van der Waals surface area contributed by atoms with Crippen molar-refractivity contribution in [2.24, 2.45) is 0 Å². The van der Waals surface area contributed by atoms with Crippen molar-refractivity contribution in [3.05, 3.63) is 11.4 Å². The number of hydrogen-bond donors (Lipinski definition) is 1. The van der Waals surface area contributed by atoms with Crippen molar-refractivity contribution in [1.82, 2.24) is 9.80 Å². The molecule has 1 N–H and O–H groups in total. The predicted octanol–water partition coefficient (Wildman–Crippen LogP) is 0.916. The number of nitrogens with zero attached hydrogens (tertiary/aromatic N) is 2. The number of likely N-dealkylation sites (N-methyl/N-ethyl adjacent to an activating group) is 1.